The number of nitrogens with zero attached hydrogens (tertiary/aromatic N) is 2. The minimum atomic E-state index is -0.671. The molecule has 0 aliphatic heterocycles. The fraction of sp³-hybridized carbons (Fsp3) is 0.182. The Balaban J connectivity index is 2.63. The fourth-order valence-electron chi connectivity index (χ4n) is 1.53. The van der Waals surface area contributed by atoms with Crippen molar-refractivity contribution in [1.82, 2.24) is 9.13 Å². The number of furan rings is 1. The maximum Gasteiger partial charge on any atom is 0.330 e. The Morgan fingerprint density at radius 1 is 1.28 bits per heavy atom. The van der Waals surface area contributed by atoms with Crippen LogP contribution in [0, 0.1) is 0 Å². The molecule has 6 nitrogen and oxygen atoms in total. The van der Waals surface area contributed by atoms with E-state index in [1.165, 1.54) is 32.4 Å². The average molecular weight is 269 g/mol. The number of ketones is 1. The molecule has 0 aliphatic carbocycles. The van der Waals surface area contributed by atoms with Gasteiger partial charge in [-0.1, -0.05) is 0 Å². The van der Waals surface area contributed by atoms with E-state index in [1.807, 2.05) is 0 Å². The lowest BCUT2D eigenvalue weighted by Gasteiger charge is -2.04. The molecule has 0 saturated heterocycles. The van der Waals surface area contributed by atoms with Crippen molar-refractivity contribution in [3.05, 3.63) is 55.7 Å². The zero-order valence-corrected chi connectivity index (χ0v) is 10.4. The Labute approximate surface area is 106 Å². The molecule has 0 unspecified atom stereocenters. The summed E-state index contributed by atoms with van der Waals surface area (Å²) in [7, 11) is 2.75. The molecule has 2 aromatic heterocycles. The summed E-state index contributed by atoms with van der Waals surface area (Å²) in [6.07, 6.45) is 1.18. The van der Waals surface area contributed by atoms with Crippen LogP contribution in [0.25, 0.3) is 0 Å². The van der Waals surface area contributed by atoms with Gasteiger partial charge in [-0.2, -0.15) is 0 Å². The Morgan fingerprint density at radius 3 is 2.50 bits per heavy atom. The van der Waals surface area contributed by atoms with Gasteiger partial charge >= 0.3 is 5.69 Å². The van der Waals surface area contributed by atoms with Gasteiger partial charge in [-0.15, -0.1) is 0 Å². The lowest BCUT2D eigenvalue weighted by molar-refractivity contribution is 0.101. The molecule has 0 saturated carbocycles. The first-order chi connectivity index (χ1) is 8.41. The highest BCUT2D eigenvalue weighted by atomic mass is 35.5. The normalized spacial score (nSPS) is 10.6. The lowest BCUT2D eigenvalue weighted by atomic mass is 10.2. The van der Waals surface area contributed by atoms with Crippen LogP contribution in [0.15, 0.2) is 32.3 Å². The third-order valence-corrected chi connectivity index (χ3v) is 2.69. The van der Waals surface area contributed by atoms with Crippen molar-refractivity contribution in [2.24, 2.45) is 14.1 Å². The topological polar surface area (TPSA) is 74.2 Å². The summed E-state index contributed by atoms with van der Waals surface area (Å²) < 4.78 is 6.96. The predicted molar refractivity (Wildman–Crippen MR) is 64.1 cm³/mol. The summed E-state index contributed by atoms with van der Waals surface area (Å²) in [6.45, 7) is 0. The summed E-state index contributed by atoms with van der Waals surface area (Å²) in [5.41, 5.74) is -1.32. The first kappa shape index (κ1) is 12.4. The van der Waals surface area contributed by atoms with Crippen LogP contribution in [-0.4, -0.2) is 14.9 Å². The van der Waals surface area contributed by atoms with Gasteiger partial charge in [0.15, 0.2) is 11.0 Å². The van der Waals surface area contributed by atoms with Crippen molar-refractivity contribution in [2.45, 2.75) is 0 Å². The van der Waals surface area contributed by atoms with Gasteiger partial charge in [-0.3, -0.25) is 14.2 Å². The van der Waals surface area contributed by atoms with E-state index in [9.17, 15) is 14.4 Å². The molecule has 0 fully saturated rings. The standard InChI is InChI=1S/C11H9ClN2O4/c1-13-5-6(10(16)14(2)11(13)17)9(15)7-3-4-8(12)18-7/h3-5H,1-2H3. The van der Waals surface area contributed by atoms with Crippen molar-refractivity contribution in [1.29, 1.82) is 0 Å². The van der Waals surface area contributed by atoms with Gasteiger partial charge in [-0.25, -0.2) is 4.79 Å². The second-order valence-corrected chi connectivity index (χ2v) is 4.11. The van der Waals surface area contributed by atoms with Gasteiger partial charge < -0.3 is 8.98 Å². The molecule has 2 heterocycles. The predicted octanol–water partition coefficient (Wildman–Crippen LogP) is 0.561. The monoisotopic (exact) mass is 268 g/mol. The molecular formula is C11H9ClN2O4. The number of aryl methyl sites for hydroxylation is 1. The third kappa shape index (κ3) is 1.91. The summed E-state index contributed by atoms with van der Waals surface area (Å²) in [5, 5.41) is 0.0555. The molecular weight excluding hydrogens is 260 g/mol. The molecule has 0 atom stereocenters. The zero-order chi connectivity index (χ0) is 13.4. The molecule has 2 rings (SSSR count). The summed E-state index contributed by atoms with van der Waals surface area (Å²) >= 11 is 5.56. The molecule has 7 heteroatoms. The Bertz CT molecular complexity index is 738. The van der Waals surface area contributed by atoms with Crippen molar-refractivity contribution < 1.29 is 9.21 Å². The SMILES string of the molecule is Cn1cc(C(=O)c2ccc(Cl)o2)c(=O)n(C)c1=O. The van der Waals surface area contributed by atoms with Crippen LogP contribution in [0.3, 0.4) is 0 Å². The van der Waals surface area contributed by atoms with E-state index < -0.39 is 17.0 Å². The van der Waals surface area contributed by atoms with Crippen LogP contribution in [0.4, 0.5) is 0 Å². The highest BCUT2D eigenvalue weighted by Crippen LogP contribution is 2.15. The van der Waals surface area contributed by atoms with Gasteiger partial charge in [0.1, 0.15) is 5.56 Å². The van der Waals surface area contributed by atoms with Gasteiger partial charge in [0.2, 0.25) is 5.78 Å². The Kier molecular flexibility index (Phi) is 2.96. The van der Waals surface area contributed by atoms with E-state index in [0.29, 0.717) is 0 Å². The quantitative estimate of drug-likeness (QED) is 0.746. The van der Waals surface area contributed by atoms with Gasteiger partial charge in [0.25, 0.3) is 5.56 Å². The van der Waals surface area contributed by atoms with E-state index in [2.05, 4.69) is 0 Å². The summed E-state index contributed by atoms with van der Waals surface area (Å²) in [6, 6.07) is 2.77. The first-order valence-electron chi connectivity index (χ1n) is 4.98. The van der Waals surface area contributed by atoms with Crippen LogP contribution >= 0.6 is 11.6 Å². The van der Waals surface area contributed by atoms with Crippen LogP contribution in [0.5, 0.6) is 0 Å². The van der Waals surface area contributed by atoms with Crippen LogP contribution in [0.1, 0.15) is 16.1 Å². The van der Waals surface area contributed by atoms with Crippen LogP contribution in [-0.2, 0) is 14.1 Å². The number of aromatic nitrogens is 2. The zero-order valence-electron chi connectivity index (χ0n) is 9.64. The smallest absolute Gasteiger partial charge is 0.330 e. The number of carbonyl (C=O) groups excluding carboxylic acids is 1. The molecule has 0 N–H and O–H groups in total. The van der Waals surface area contributed by atoms with Crippen molar-refractivity contribution in [3.63, 3.8) is 0 Å². The number of carbonyl (C=O) groups is 1. The van der Waals surface area contributed by atoms with E-state index >= 15 is 0 Å². The second kappa shape index (κ2) is 4.30. The van der Waals surface area contributed by atoms with Crippen LogP contribution in [0.2, 0.25) is 5.22 Å². The molecule has 0 spiro atoms. The molecule has 0 aromatic carbocycles. The Morgan fingerprint density at radius 2 is 1.94 bits per heavy atom. The molecule has 18 heavy (non-hydrogen) atoms. The lowest BCUT2D eigenvalue weighted by Crippen LogP contribution is -2.39. The third-order valence-electron chi connectivity index (χ3n) is 2.49. The molecule has 0 amide bonds. The fourth-order valence-corrected chi connectivity index (χ4v) is 1.68. The number of hydrogen-bond acceptors (Lipinski definition) is 4. The highest BCUT2D eigenvalue weighted by molar-refractivity contribution is 6.29. The number of rotatable bonds is 2. The van der Waals surface area contributed by atoms with Crippen molar-refractivity contribution in [2.75, 3.05) is 0 Å². The summed E-state index contributed by atoms with van der Waals surface area (Å²) in [5.74, 6) is -0.658. The Hall–Kier alpha value is -2.08. The maximum atomic E-state index is 12.0. The molecule has 94 valence electrons. The molecule has 2 aromatic rings. The van der Waals surface area contributed by atoms with Crippen molar-refractivity contribution in [3.8, 4) is 0 Å². The highest BCUT2D eigenvalue weighted by Gasteiger charge is 2.19. The number of halogens is 1. The minimum absolute atomic E-state index is 0.0456. The number of hydrogen-bond donors (Lipinski definition) is 0. The van der Waals surface area contributed by atoms with Gasteiger partial charge in [0.05, 0.1) is 0 Å². The van der Waals surface area contributed by atoms with Crippen LogP contribution < -0.4 is 11.2 Å². The molecule has 0 bridgehead atoms. The van der Waals surface area contributed by atoms with E-state index in [0.717, 1.165) is 9.13 Å². The second-order valence-electron chi connectivity index (χ2n) is 3.73. The minimum Gasteiger partial charge on any atom is -0.441 e. The van der Waals surface area contributed by atoms with Gasteiger partial charge in [-0.05, 0) is 23.7 Å². The summed E-state index contributed by atoms with van der Waals surface area (Å²) in [4.78, 5) is 35.3. The van der Waals surface area contributed by atoms with E-state index in [1.54, 1.807) is 0 Å². The molecule has 0 aliphatic rings. The van der Waals surface area contributed by atoms with Crippen molar-refractivity contribution >= 4 is 17.4 Å². The first-order valence-corrected chi connectivity index (χ1v) is 5.36. The molecule has 0 radical (unpaired) electrons. The maximum absolute atomic E-state index is 12.0. The largest absolute Gasteiger partial charge is 0.441 e. The van der Waals surface area contributed by atoms with E-state index in [4.69, 9.17) is 16.0 Å². The van der Waals surface area contributed by atoms with E-state index in [-0.39, 0.29) is 16.5 Å². The van der Waals surface area contributed by atoms with Gasteiger partial charge in [0, 0.05) is 20.3 Å². The average Bonchev–Trinajstić information content (AvgIpc) is 2.77.